The van der Waals surface area contributed by atoms with E-state index in [2.05, 4.69) is 43.1 Å². The van der Waals surface area contributed by atoms with Gasteiger partial charge in [-0.3, -0.25) is 9.69 Å². The number of hydrogen-bond donors (Lipinski definition) is 2. The number of nitrogens with zero attached hydrogens (tertiary/aromatic N) is 1. The first kappa shape index (κ1) is 23.0. The van der Waals surface area contributed by atoms with Gasteiger partial charge in [-0.25, -0.2) is 0 Å². The molecule has 1 aliphatic rings. The number of carbonyl (C=O) groups excluding carboxylic acids is 1. The smallest absolute Gasteiger partial charge is 0.251 e. The summed E-state index contributed by atoms with van der Waals surface area (Å²) in [4.78, 5) is 14.6. The van der Waals surface area contributed by atoms with E-state index in [4.69, 9.17) is 9.47 Å². The van der Waals surface area contributed by atoms with E-state index in [1.54, 1.807) is 18.2 Å². The Hall–Kier alpha value is -2.28. The van der Waals surface area contributed by atoms with Crippen LogP contribution in [-0.2, 0) is 6.54 Å². The molecule has 0 bridgehead atoms. The van der Waals surface area contributed by atoms with Gasteiger partial charge < -0.3 is 19.9 Å². The van der Waals surface area contributed by atoms with Gasteiger partial charge in [-0.15, -0.1) is 12.4 Å². The number of aliphatic hydroxyl groups is 1. The van der Waals surface area contributed by atoms with E-state index in [-0.39, 0.29) is 37.2 Å². The number of fused-ring (bicyclic) bond motifs is 1. The Morgan fingerprint density at radius 1 is 1.14 bits per heavy atom. The van der Waals surface area contributed by atoms with Gasteiger partial charge in [0.25, 0.3) is 5.91 Å². The highest BCUT2D eigenvalue weighted by Gasteiger charge is 2.24. The van der Waals surface area contributed by atoms with Crippen molar-refractivity contribution in [1.82, 2.24) is 10.2 Å². The van der Waals surface area contributed by atoms with E-state index in [9.17, 15) is 9.90 Å². The molecule has 3 rings (SSSR count). The number of ether oxygens (including phenoxy) is 2. The number of halogens is 1. The van der Waals surface area contributed by atoms with Crippen LogP contribution >= 0.6 is 12.4 Å². The fourth-order valence-corrected chi connectivity index (χ4v) is 3.05. The molecule has 0 spiro atoms. The second kappa shape index (κ2) is 9.96. The van der Waals surface area contributed by atoms with Gasteiger partial charge >= 0.3 is 0 Å². The molecule has 158 valence electrons. The molecule has 2 aromatic rings. The van der Waals surface area contributed by atoms with Crippen molar-refractivity contribution in [2.24, 2.45) is 0 Å². The van der Waals surface area contributed by atoms with Crippen molar-refractivity contribution in [1.29, 1.82) is 0 Å². The van der Waals surface area contributed by atoms with Crippen molar-refractivity contribution in [2.45, 2.75) is 39.0 Å². The first-order valence-electron chi connectivity index (χ1n) is 9.48. The summed E-state index contributed by atoms with van der Waals surface area (Å²) >= 11 is 0. The quantitative estimate of drug-likeness (QED) is 0.719. The predicted octanol–water partition coefficient (Wildman–Crippen LogP) is 3.23. The molecule has 1 unspecified atom stereocenters. The molecule has 29 heavy (non-hydrogen) atoms. The Kier molecular flexibility index (Phi) is 7.90. The summed E-state index contributed by atoms with van der Waals surface area (Å²) in [5.41, 5.74) is 1.56. The molecule has 6 nitrogen and oxygen atoms in total. The minimum absolute atomic E-state index is 0. The number of benzene rings is 2. The van der Waals surface area contributed by atoms with E-state index in [1.807, 2.05) is 18.2 Å². The molecule has 0 aromatic heterocycles. The molecule has 0 fully saturated rings. The zero-order chi connectivity index (χ0) is 20.1. The van der Waals surface area contributed by atoms with Crippen LogP contribution < -0.4 is 14.8 Å². The summed E-state index contributed by atoms with van der Waals surface area (Å²) in [7, 11) is 0. The molecule has 2 aromatic carbocycles. The third-order valence-electron chi connectivity index (χ3n) is 4.73. The maximum Gasteiger partial charge on any atom is 0.251 e. The lowest BCUT2D eigenvalue weighted by Gasteiger charge is -2.37. The zero-order valence-electron chi connectivity index (χ0n) is 17.1. The predicted molar refractivity (Wildman–Crippen MR) is 115 cm³/mol. The lowest BCUT2D eigenvalue weighted by molar-refractivity contribution is 0.0512. The summed E-state index contributed by atoms with van der Waals surface area (Å²) in [5, 5.41) is 13.3. The molecule has 0 radical (unpaired) electrons. The van der Waals surface area contributed by atoms with E-state index >= 15 is 0 Å². The molecule has 0 saturated heterocycles. The van der Waals surface area contributed by atoms with Gasteiger partial charge in [-0.2, -0.15) is 0 Å². The van der Waals surface area contributed by atoms with E-state index in [0.29, 0.717) is 23.6 Å². The Balaban J connectivity index is 0.00000300. The van der Waals surface area contributed by atoms with Crippen LogP contribution in [0.5, 0.6) is 11.5 Å². The second-order valence-corrected chi connectivity index (χ2v) is 7.97. The topological polar surface area (TPSA) is 71.0 Å². The summed E-state index contributed by atoms with van der Waals surface area (Å²) in [5.74, 6) is 0.955. The monoisotopic (exact) mass is 420 g/mol. The van der Waals surface area contributed by atoms with Gasteiger partial charge in [-0.05, 0) is 44.5 Å². The number of carbonyl (C=O) groups is 1. The number of nitrogens with one attached hydrogen (secondary N) is 1. The van der Waals surface area contributed by atoms with E-state index < -0.39 is 6.10 Å². The SMILES string of the molecule is CC(C)(C)N(Cc1ccccc1)CC(O)CNC(=O)c1ccc2c(c1)OCO2.Cl. The molecule has 0 saturated carbocycles. The molecule has 1 amide bonds. The Labute approximate surface area is 178 Å². The van der Waals surface area contributed by atoms with Gasteiger partial charge in [0, 0.05) is 30.7 Å². The Morgan fingerprint density at radius 2 is 1.83 bits per heavy atom. The number of β-amino-alcohol motifs (C(OH)–C–C–N with tert-alkyl or cyclic N) is 1. The maximum absolute atomic E-state index is 12.4. The minimum atomic E-state index is -0.680. The van der Waals surface area contributed by atoms with Crippen LogP contribution in [0.4, 0.5) is 0 Å². The largest absolute Gasteiger partial charge is 0.454 e. The third kappa shape index (κ3) is 6.35. The van der Waals surface area contributed by atoms with Gasteiger partial charge in [0.2, 0.25) is 6.79 Å². The molecular formula is C22H29ClN2O4. The minimum Gasteiger partial charge on any atom is -0.454 e. The maximum atomic E-state index is 12.4. The number of hydrogen-bond acceptors (Lipinski definition) is 5. The van der Waals surface area contributed by atoms with Crippen LogP contribution in [0.25, 0.3) is 0 Å². The summed E-state index contributed by atoms with van der Waals surface area (Å²) in [6, 6.07) is 15.2. The van der Waals surface area contributed by atoms with Crippen molar-refractivity contribution >= 4 is 18.3 Å². The summed E-state index contributed by atoms with van der Waals surface area (Å²) in [6.45, 7) is 7.89. The molecular weight excluding hydrogens is 392 g/mol. The van der Waals surface area contributed by atoms with Crippen LogP contribution in [0.15, 0.2) is 48.5 Å². The van der Waals surface area contributed by atoms with Crippen molar-refractivity contribution in [3.63, 3.8) is 0 Å². The Bertz CT molecular complexity index is 808. The van der Waals surface area contributed by atoms with Gasteiger partial charge in [0.15, 0.2) is 11.5 Å². The molecule has 1 atom stereocenters. The molecule has 0 aliphatic carbocycles. The molecule has 2 N–H and O–H groups in total. The average Bonchev–Trinajstić information content (AvgIpc) is 3.13. The average molecular weight is 421 g/mol. The number of rotatable bonds is 7. The van der Waals surface area contributed by atoms with E-state index in [1.165, 1.54) is 5.56 Å². The number of aliphatic hydroxyl groups excluding tert-OH is 1. The highest BCUT2D eigenvalue weighted by molar-refractivity contribution is 5.94. The second-order valence-electron chi connectivity index (χ2n) is 7.97. The van der Waals surface area contributed by atoms with Crippen molar-refractivity contribution in [3.05, 3.63) is 59.7 Å². The lowest BCUT2D eigenvalue weighted by Crippen LogP contribution is -2.47. The molecule has 7 heteroatoms. The third-order valence-corrected chi connectivity index (χ3v) is 4.73. The fraction of sp³-hybridized carbons (Fsp3) is 0.409. The van der Waals surface area contributed by atoms with Crippen molar-refractivity contribution < 1.29 is 19.4 Å². The Morgan fingerprint density at radius 3 is 2.52 bits per heavy atom. The molecule has 1 aliphatic heterocycles. The highest BCUT2D eigenvalue weighted by atomic mass is 35.5. The first-order chi connectivity index (χ1) is 13.3. The highest BCUT2D eigenvalue weighted by Crippen LogP contribution is 2.32. The standard InChI is InChI=1S/C22H28N2O4.ClH/c1-22(2,3)24(13-16-7-5-4-6-8-16)14-18(25)12-23-21(26)17-9-10-19-20(11-17)28-15-27-19;/h4-11,18,25H,12-15H2,1-3H3,(H,23,26);1H. The fourth-order valence-electron chi connectivity index (χ4n) is 3.05. The van der Waals surface area contributed by atoms with Gasteiger partial charge in [0.1, 0.15) is 0 Å². The van der Waals surface area contributed by atoms with Crippen LogP contribution in [0.2, 0.25) is 0 Å². The van der Waals surface area contributed by atoms with Gasteiger partial charge in [-0.1, -0.05) is 30.3 Å². The van der Waals surface area contributed by atoms with Crippen LogP contribution in [0.1, 0.15) is 36.7 Å². The van der Waals surface area contributed by atoms with Crippen molar-refractivity contribution in [3.8, 4) is 11.5 Å². The van der Waals surface area contributed by atoms with Gasteiger partial charge in [0.05, 0.1) is 6.10 Å². The number of amides is 1. The summed E-state index contributed by atoms with van der Waals surface area (Å²) < 4.78 is 10.6. The van der Waals surface area contributed by atoms with Crippen LogP contribution in [0.3, 0.4) is 0 Å². The van der Waals surface area contributed by atoms with Crippen LogP contribution in [-0.4, -0.2) is 47.4 Å². The van der Waals surface area contributed by atoms with Crippen molar-refractivity contribution in [2.75, 3.05) is 19.9 Å². The zero-order valence-corrected chi connectivity index (χ0v) is 17.9. The molecule has 1 heterocycles. The van der Waals surface area contributed by atoms with Crippen LogP contribution in [0, 0.1) is 0 Å². The first-order valence-corrected chi connectivity index (χ1v) is 9.48. The lowest BCUT2D eigenvalue weighted by atomic mass is 10.0. The summed E-state index contributed by atoms with van der Waals surface area (Å²) in [6.07, 6.45) is -0.680. The van der Waals surface area contributed by atoms with E-state index in [0.717, 1.165) is 6.54 Å². The normalized spacial score (nSPS) is 13.7.